The highest BCUT2D eigenvalue weighted by molar-refractivity contribution is 7.04. The van der Waals surface area contributed by atoms with Crippen LogP contribution in [0.3, 0.4) is 0 Å². The van der Waals surface area contributed by atoms with Crippen molar-refractivity contribution >= 4 is 29.1 Å². The summed E-state index contributed by atoms with van der Waals surface area (Å²) in [6.45, 7) is 1.31. The predicted molar refractivity (Wildman–Crippen MR) is 43.4 cm³/mol. The summed E-state index contributed by atoms with van der Waals surface area (Å²) >= 11 is 0.991. The van der Waals surface area contributed by atoms with Crippen molar-refractivity contribution in [3.05, 3.63) is 11.1 Å². The standard InChI is InChI=1S/C6H6N2O3S/c1-3(9)7-4-2-12-8-5(4)6(10)11/h2H,1H3,(H,7,9)(H,10,11). The summed E-state index contributed by atoms with van der Waals surface area (Å²) in [6.07, 6.45) is 0. The first-order valence-corrected chi connectivity index (χ1v) is 3.90. The van der Waals surface area contributed by atoms with Gasteiger partial charge in [-0.25, -0.2) is 4.79 Å². The second-order valence-electron chi connectivity index (χ2n) is 2.06. The van der Waals surface area contributed by atoms with E-state index in [9.17, 15) is 9.59 Å². The molecule has 5 nitrogen and oxygen atoms in total. The molecule has 1 heterocycles. The number of carbonyl (C=O) groups is 2. The molecule has 0 spiro atoms. The van der Waals surface area contributed by atoms with Crippen LogP contribution in [0.1, 0.15) is 17.4 Å². The first-order valence-electron chi connectivity index (χ1n) is 3.06. The van der Waals surface area contributed by atoms with E-state index < -0.39 is 5.97 Å². The normalized spacial score (nSPS) is 9.42. The number of amides is 1. The first-order chi connectivity index (χ1) is 5.61. The van der Waals surface area contributed by atoms with Crippen LogP contribution in [0.15, 0.2) is 5.38 Å². The van der Waals surface area contributed by atoms with Crippen LogP contribution in [0.2, 0.25) is 0 Å². The molecular weight excluding hydrogens is 180 g/mol. The molecule has 2 N–H and O–H groups in total. The largest absolute Gasteiger partial charge is 0.476 e. The minimum absolute atomic E-state index is 0.116. The highest BCUT2D eigenvalue weighted by atomic mass is 32.1. The van der Waals surface area contributed by atoms with Gasteiger partial charge in [-0.05, 0) is 11.5 Å². The summed E-state index contributed by atoms with van der Waals surface area (Å²) < 4.78 is 3.60. The Balaban J connectivity index is 2.91. The van der Waals surface area contributed by atoms with Gasteiger partial charge < -0.3 is 10.4 Å². The molecule has 0 aromatic carbocycles. The van der Waals surface area contributed by atoms with Crippen molar-refractivity contribution in [1.82, 2.24) is 4.37 Å². The topological polar surface area (TPSA) is 79.3 Å². The monoisotopic (exact) mass is 186 g/mol. The van der Waals surface area contributed by atoms with Gasteiger partial charge in [0.25, 0.3) is 0 Å². The average Bonchev–Trinajstić information content (AvgIpc) is 2.33. The van der Waals surface area contributed by atoms with Gasteiger partial charge in [0.05, 0.1) is 5.69 Å². The van der Waals surface area contributed by atoms with E-state index in [4.69, 9.17) is 5.11 Å². The third kappa shape index (κ3) is 1.79. The Labute approximate surface area is 72.2 Å². The number of aromatic carboxylic acids is 1. The number of carboxylic acids is 1. The van der Waals surface area contributed by atoms with Gasteiger partial charge in [0, 0.05) is 12.3 Å². The lowest BCUT2D eigenvalue weighted by Gasteiger charge is -1.97. The first kappa shape index (κ1) is 8.66. The summed E-state index contributed by atoms with van der Waals surface area (Å²) in [6, 6.07) is 0. The number of hydrogen-bond acceptors (Lipinski definition) is 4. The SMILES string of the molecule is CC(=O)Nc1csnc1C(=O)O. The molecule has 0 atom stereocenters. The van der Waals surface area contributed by atoms with Crippen LogP contribution in [0.4, 0.5) is 5.69 Å². The number of anilines is 1. The minimum Gasteiger partial charge on any atom is -0.476 e. The molecule has 1 amide bonds. The Morgan fingerprint density at radius 3 is 2.83 bits per heavy atom. The lowest BCUT2D eigenvalue weighted by Crippen LogP contribution is -2.09. The fourth-order valence-electron chi connectivity index (χ4n) is 0.669. The van der Waals surface area contributed by atoms with Crippen molar-refractivity contribution in [3.8, 4) is 0 Å². The summed E-state index contributed by atoms with van der Waals surface area (Å²) in [5.74, 6) is -1.45. The molecule has 1 aromatic rings. The molecule has 1 aromatic heterocycles. The van der Waals surface area contributed by atoms with Crippen LogP contribution in [0.5, 0.6) is 0 Å². The van der Waals surface area contributed by atoms with E-state index in [1.165, 1.54) is 12.3 Å². The molecule has 0 unspecified atom stereocenters. The molecule has 12 heavy (non-hydrogen) atoms. The number of carboxylic acid groups (broad SMARTS) is 1. The third-order valence-electron chi connectivity index (χ3n) is 1.08. The highest BCUT2D eigenvalue weighted by Crippen LogP contribution is 2.16. The molecule has 0 saturated heterocycles. The van der Waals surface area contributed by atoms with Crippen LogP contribution >= 0.6 is 11.5 Å². The van der Waals surface area contributed by atoms with E-state index in [-0.39, 0.29) is 17.3 Å². The Bertz CT molecular complexity index is 320. The second kappa shape index (κ2) is 3.31. The molecule has 64 valence electrons. The second-order valence-corrected chi connectivity index (χ2v) is 2.69. The van der Waals surface area contributed by atoms with Gasteiger partial charge >= 0.3 is 5.97 Å². The van der Waals surface area contributed by atoms with Crippen molar-refractivity contribution in [2.45, 2.75) is 6.92 Å². The number of nitrogens with one attached hydrogen (secondary N) is 1. The maximum absolute atomic E-state index is 10.6. The van der Waals surface area contributed by atoms with Crippen molar-refractivity contribution in [2.75, 3.05) is 5.32 Å². The summed E-state index contributed by atoms with van der Waals surface area (Å²) in [5.41, 5.74) is 0.134. The fraction of sp³-hybridized carbons (Fsp3) is 0.167. The zero-order valence-corrected chi connectivity index (χ0v) is 7.01. The summed E-state index contributed by atoms with van der Waals surface area (Å²) in [5, 5.41) is 12.4. The molecule has 1 rings (SSSR count). The van der Waals surface area contributed by atoms with Gasteiger partial charge in [-0.2, -0.15) is 4.37 Å². The maximum Gasteiger partial charge on any atom is 0.357 e. The molecule has 0 bridgehead atoms. The molecule has 6 heteroatoms. The number of nitrogens with zero attached hydrogens (tertiary/aromatic N) is 1. The van der Waals surface area contributed by atoms with Crippen LogP contribution in [0.25, 0.3) is 0 Å². The number of hydrogen-bond donors (Lipinski definition) is 2. The van der Waals surface area contributed by atoms with E-state index >= 15 is 0 Å². The Morgan fingerprint density at radius 2 is 2.33 bits per heavy atom. The van der Waals surface area contributed by atoms with Crippen LogP contribution in [0, 0.1) is 0 Å². The minimum atomic E-state index is -1.14. The highest BCUT2D eigenvalue weighted by Gasteiger charge is 2.13. The molecule has 0 aliphatic carbocycles. The van der Waals surface area contributed by atoms with E-state index in [2.05, 4.69) is 9.69 Å². The van der Waals surface area contributed by atoms with Crippen molar-refractivity contribution in [2.24, 2.45) is 0 Å². The third-order valence-corrected chi connectivity index (χ3v) is 1.71. The lowest BCUT2D eigenvalue weighted by atomic mass is 10.4. The molecule has 0 aliphatic heterocycles. The predicted octanol–water partition coefficient (Wildman–Crippen LogP) is 0.800. The maximum atomic E-state index is 10.6. The number of rotatable bonds is 2. The zero-order chi connectivity index (χ0) is 9.14. The van der Waals surface area contributed by atoms with Gasteiger partial charge in [-0.15, -0.1) is 0 Å². The van der Waals surface area contributed by atoms with Crippen molar-refractivity contribution in [1.29, 1.82) is 0 Å². The molecule has 0 aliphatic rings. The average molecular weight is 186 g/mol. The Kier molecular flexibility index (Phi) is 2.39. The zero-order valence-electron chi connectivity index (χ0n) is 6.20. The van der Waals surface area contributed by atoms with E-state index in [0.717, 1.165) is 11.5 Å². The fourth-order valence-corrected chi connectivity index (χ4v) is 1.28. The van der Waals surface area contributed by atoms with E-state index in [1.54, 1.807) is 0 Å². The summed E-state index contributed by atoms with van der Waals surface area (Å²) in [4.78, 5) is 21.0. The molecular formula is C6H6N2O3S. The Hall–Kier alpha value is -1.43. The smallest absolute Gasteiger partial charge is 0.357 e. The Morgan fingerprint density at radius 1 is 1.67 bits per heavy atom. The van der Waals surface area contributed by atoms with Gasteiger partial charge in [-0.1, -0.05) is 0 Å². The lowest BCUT2D eigenvalue weighted by molar-refractivity contribution is -0.114. The molecule has 0 saturated carbocycles. The van der Waals surface area contributed by atoms with Crippen LogP contribution in [-0.4, -0.2) is 21.4 Å². The number of carbonyl (C=O) groups excluding carboxylic acids is 1. The number of aromatic nitrogens is 1. The van der Waals surface area contributed by atoms with Gasteiger partial charge in [0.15, 0.2) is 5.69 Å². The van der Waals surface area contributed by atoms with Gasteiger partial charge in [0.2, 0.25) is 5.91 Å². The van der Waals surface area contributed by atoms with Crippen LogP contribution < -0.4 is 5.32 Å². The molecule has 0 fully saturated rings. The quantitative estimate of drug-likeness (QED) is 0.716. The van der Waals surface area contributed by atoms with Crippen LogP contribution in [-0.2, 0) is 4.79 Å². The van der Waals surface area contributed by atoms with Gasteiger partial charge in [-0.3, -0.25) is 4.79 Å². The van der Waals surface area contributed by atoms with Crippen molar-refractivity contribution < 1.29 is 14.7 Å². The van der Waals surface area contributed by atoms with E-state index in [1.807, 2.05) is 0 Å². The molecule has 0 radical (unpaired) electrons. The van der Waals surface area contributed by atoms with Crippen molar-refractivity contribution in [3.63, 3.8) is 0 Å². The summed E-state index contributed by atoms with van der Waals surface area (Å²) in [7, 11) is 0. The van der Waals surface area contributed by atoms with E-state index in [0.29, 0.717) is 0 Å². The van der Waals surface area contributed by atoms with Gasteiger partial charge in [0.1, 0.15) is 0 Å².